The van der Waals surface area contributed by atoms with E-state index < -0.39 is 0 Å². The second-order valence-electron chi connectivity index (χ2n) is 6.15. The van der Waals surface area contributed by atoms with Crippen LogP contribution in [0.1, 0.15) is 17.2 Å². The van der Waals surface area contributed by atoms with Crippen molar-refractivity contribution in [2.45, 2.75) is 6.04 Å². The number of piperazine rings is 1. The molecule has 1 aliphatic rings. The van der Waals surface area contributed by atoms with E-state index in [0.29, 0.717) is 16.5 Å². The Labute approximate surface area is 155 Å². The third-order valence-corrected chi connectivity index (χ3v) is 4.92. The summed E-state index contributed by atoms with van der Waals surface area (Å²) in [6.45, 7) is 2.97. The standard InChI is InChI=1S/C18H18ClFN6/c19-17-18(22-6-5-21-17)26-9-7-25(8-10-26)16(13-11-23-24-12-13)14-3-1-2-4-15(14)20/h1-6,11-12,16H,7-10H2,(H,23,24). The van der Waals surface area contributed by atoms with Gasteiger partial charge in [0.1, 0.15) is 5.82 Å². The van der Waals surface area contributed by atoms with Crippen molar-refractivity contribution >= 4 is 17.4 Å². The second-order valence-corrected chi connectivity index (χ2v) is 6.51. The van der Waals surface area contributed by atoms with Crippen LogP contribution in [0.5, 0.6) is 0 Å². The van der Waals surface area contributed by atoms with E-state index in [2.05, 4.69) is 30.0 Å². The number of halogens is 2. The third-order valence-electron chi connectivity index (χ3n) is 4.65. The molecule has 6 nitrogen and oxygen atoms in total. The lowest BCUT2D eigenvalue weighted by atomic mass is 9.98. The van der Waals surface area contributed by atoms with Gasteiger partial charge in [0.15, 0.2) is 11.0 Å². The maximum absolute atomic E-state index is 14.5. The molecule has 1 aromatic carbocycles. The fraction of sp³-hybridized carbons (Fsp3) is 0.278. The number of benzene rings is 1. The van der Waals surface area contributed by atoms with Gasteiger partial charge in [-0.25, -0.2) is 14.4 Å². The summed E-state index contributed by atoms with van der Waals surface area (Å²) in [5.74, 6) is 0.484. The molecular weight excluding hydrogens is 355 g/mol. The van der Waals surface area contributed by atoms with Crippen molar-refractivity contribution in [3.63, 3.8) is 0 Å². The van der Waals surface area contributed by atoms with Crippen LogP contribution in [0.4, 0.5) is 10.2 Å². The number of nitrogens with zero attached hydrogens (tertiary/aromatic N) is 5. The molecule has 0 bridgehead atoms. The first-order valence-electron chi connectivity index (χ1n) is 8.42. The molecule has 3 heterocycles. The Hall–Kier alpha value is -2.51. The van der Waals surface area contributed by atoms with Crippen molar-refractivity contribution in [2.24, 2.45) is 0 Å². The van der Waals surface area contributed by atoms with Gasteiger partial charge in [-0.3, -0.25) is 10.00 Å². The fourth-order valence-electron chi connectivity index (χ4n) is 3.41. The van der Waals surface area contributed by atoms with E-state index in [4.69, 9.17) is 11.6 Å². The van der Waals surface area contributed by atoms with Gasteiger partial charge in [0.05, 0.1) is 12.2 Å². The Kier molecular flexibility index (Phi) is 4.81. The molecule has 1 aliphatic heterocycles. The summed E-state index contributed by atoms with van der Waals surface area (Å²) >= 11 is 6.16. The summed E-state index contributed by atoms with van der Waals surface area (Å²) in [5, 5.41) is 7.29. The predicted octanol–water partition coefficient (Wildman–Crippen LogP) is 2.90. The predicted molar refractivity (Wildman–Crippen MR) is 97.7 cm³/mol. The zero-order chi connectivity index (χ0) is 17.9. The van der Waals surface area contributed by atoms with Crippen LogP contribution < -0.4 is 4.90 Å². The molecule has 3 aromatic rings. The highest BCUT2D eigenvalue weighted by atomic mass is 35.5. The number of hydrogen-bond donors (Lipinski definition) is 1. The Morgan fingerprint density at radius 3 is 2.54 bits per heavy atom. The van der Waals surface area contributed by atoms with Gasteiger partial charge in [-0.05, 0) is 6.07 Å². The number of hydrogen-bond acceptors (Lipinski definition) is 5. The Morgan fingerprint density at radius 2 is 1.85 bits per heavy atom. The first-order valence-corrected chi connectivity index (χ1v) is 8.80. The normalized spacial score (nSPS) is 16.6. The van der Waals surface area contributed by atoms with Crippen LogP contribution in [-0.4, -0.2) is 51.2 Å². The molecule has 1 saturated heterocycles. The van der Waals surface area contributed by atoms with Crippen molar-refractivity contribution in [2.75, 3.05) is 31.1 Å². The van der Waals surface area contributed by atoms with Crippen molar-refractivity contribution in [1.29, 1.82) is 0 Å². The lowest BCUT2D eigenvalue weighted by molar-refractivity contribution is 0.208. The van der Waals surface area contributed by atoms with E-state index in [0.717, 1.165) is 31.7 Å². The highest BCUT2D eigenvalue weighted by molar-refractivity contribution is 6.31. The van der Waals surface area contributed by atoms with Crippen LogP contribution in [0.2, 0.25) is 5.15 Å². The minimum Gasteiger partial charge on any atom is -0.351 e. The van der Waals surface area contributed by atoms with Crippen molar-refractivity contribution < 1.29 is 4.39 Å². The zero-order valence-corrected chi connectivity index (χ0v) is 14.8. The van der Waals surface area contributed by atoms with Crippen LogP contribution in [0, 0.1) is 5.82 Å². The van der Waals surface area contributed by atoms with E-state index in [1.165, 1.54) is 6.07 Å². The first-order chi connectivity index (χ1) is 12.7. The molecule has 0 radical (unpaired) electrons. The SMILES string of the molecule is Fc1ccccc1C(c1cn[nH]c1)N1CCN(c2nccnc2Cl)CC1. The topological polar surface area (TPSA) is 60.9 Å². The molecule has 1 N–H and O–H groups in total. The number of anilines is 1. The van der Waals surface area contributed by atoms with Gasteiger partial charge in [-0.1, -0.05) is 29.8 Å². The molecule has 0 aliphatic carbocycles. The van der Waals surface area contributed by atoms with Crippen LogP contribution in [0.25, 0.3) is 0 Å². The number of nitrogens with one attached hydrogen (secondary N) is 1. The van der Waals surface area contributed by atoms with Gasteiger partial charge in [0.25, 0.3) is 0 Å². The summed E-state index contributed by atoms with van der Waals surface area (Å²) in [6, 6.07) is 6.71. The summed E-state index contributed by atoms with van der Waals surface area (Å²) in [6.07, 6.45) is 6.79. The van der Waals surface area contributed by atoms with Gasteiger partial charge in [-0.2, -0.15) is 5.10 Å². The molecule has 8 heteroatoms. The van der Waals surface area contributed by atoms with E-state index in [1.54, 1.807) is 24.7 Å². The van der Waals surface area contributed by atoms with Gasteiger partial charge in [0, 0.05) is 55.9 Å². The Morgan fingerprint density at radius 1 is 1.08 bits per heavy atom. The van der Waals surface area contributed by atoms with E-state index in [9.17, 15) is 4.39 Å². The highest BCUT2D eigenvalue weighted by Gasteiger charge is 2.29. The van der Waals surface area contributed by atoms with E-state index in [1.807, 2.05) is 18.3 Å². The summed E-state index contributed by atoms with van der Waals surface area (Å²) in [5.41, 5.74) is 1.60. The van der Waals surface area contributed by atoms with Crippen molar-refractivity contribution in [3.8, 4) is 0 Å². The molecule has 134 valence electrons. The van der Waals surface area contributed by atoms with Gasteiger partial charge >= 0.3 is 0 Å². The Balaban J connectivity index is 1.57. The molecule has 4 rings (SSSR count). The lowest BCUT2D eigenvalue weighted by Crippen LogP contribution is -2.48. The minimum absolute atomic E-state index is 0.186. The van der Waals surface area contributed by atoms with Gasteiger partial charge in [0.2, 0.25) is 0 Å². The number of rotatable bonds is 4. The summed E-state index contributed by atoms with van der Waals surface area (Å²) in [7, 11) is 0. The molecule has 26 heavy (non-hydrogen) atoms. The summed E-state index contributed by atoms with van der Waals surface area (Å²) < 4.78 is 14.5. The summed E-state index contributed by atoms with van der Waals surface area (Å²) in [4.78, 5) is 12.8. The largest absolute Gasteiger partial charge is 0.351 e. The maximum Gasteiger partial charge on any atom is 0.171 e. The van der Waals surface area contributed by atoms with Crippen LogP contribution >= 0.6 is 11.6 Å². The Bertz CT molecular complexity index is 864. The quantitative estimate of drug-likeness (QED) is 0.763. The molecule has 0 saturated carbocycles. The number of aromatic amines is 1. The smallest absolute Gasteiger partial charge is 0.171 e. The maximum atomic E-state index is 14.5. The van der Waals surface area contributed by atoms with Crippen molar-refractivity contribution in [3.05, 3.63) is 71.2 Å². The molecule has 0 amide bonds. The van der Waals surface area contributed by atoms with E-state index in [-0.39, 0.29) is 11.9 Å². The lowest BCUT2D eigenvalue weighted by Gasteiger charge is -2.39. The van der Waals surface area contributed by atoms with Gasteiger partial charge in [-0.15, -0.1) is 0 Å². The molecular formula is C18H18ClFN6. The number of H-pyrrole nitrogens is 1. The number of aromatic nitrogens is 4. The van der Waals surface area contributed by atoms with E-state index >= 15 is 0 Å². The molecule has 0 spiro atoms. The first kappa shape index (κ1) is 16.9. The zero-order valence-electron chi connectivity index (χ0n) is 14.0. The van der Waals surface area contributed by atoms with Crippen LogP contribution in [0.15, 0.2) is 49.1 Å². The molecule has 1 unspecified atom stereocenters. The molecule has 1 atom stereocenters. The third kappa shape index (κ3) is 3.27. The van der Waals surface area contributed by atoms with Crippen LogP contribution in [0.3, 0.4) is 0 Å². The second kappa shape index (κ2) is 7.39. The average Bonchev–Trinajstić information content (AvgIpc) is 3.19. The fourth-order valence-corrected chi connectivity index (χ4v) is 3.64. The minimum atomic E-state index is -0.210. The molecule has 2 aromatic heterocycles. The molecule has 1 fully saturated rings. The monoisotopic (exact) mass is 372 g/mol. The highest BCUT2D eigenvalue weighted by Crippen LogP contribution is 2.31. The average molecular weight is 373 g/mol. The van der Waals surface area contributed by atoms with Crippen molar-refractivity contribution in [1.82, 2.24) is 25.1 Å². The van der Waals surface area contributed by atoms with Crippen LogP contribution in [-0.2, 0) is 0 Å². The van der Waals surface area contributed by atoms with Gasteiger partial charge < -0.3 is 4.90 Å².